The summed E-state index contributed by atoms with van der Waals surface area (Å²) < 4.78 is 11.4. The Morgan fingerprint density at radius 1 is 1.21 bits per heavy atom. The minimum Gasteiger partial charge on any atom is -0.496 e. The predicted octanol–water partition coefficient (Wildman–Crippen LogP) is 5.29. The molecular weight excluding hydrogens is 388 g/mol. The Hall–Kier alpha value is -2.79. The van der Waals surface area contributed by atoms with Gasteiger partial charge in [0.05, 0.1) is 18.9 Å². The van der Waals surface area contributed by atoms with Crippen LogP contribution in [-0.4, -0.2) is 29.4 Å². The van der Waals surface area contributed by atoms with Crippen LogP contribution in [0.3, 0.4) is 0 Å². The van der Waals surface area contributed by atoms with Crippen LogP contribution in [0.25, 0.3) is 0 Å². The quantitative estimate of drug-likeness (QED) is 0.573. The van der Waals surface area contributed by atoms with E-state index >= 15 is 0 Å². The molecule has 0 N–H and O–H groups in total. The van der Waals surface area contributed by atoms with Gasteiger partial charge in [-0.1, -0.05) is 41.9 Å². The normalized spacial score (nSPS) is 16.6. The number of para-hydroxylation sites is 1. The lowest BCUT2D eigenvalue weighted by Crippen LogP contribution is -2.38. The maximum atomic E-state index is 13.3. The van der Waals surface area contributed by atoms with Gasteiger partial charge in [-0.25, -0.2) is 4.98 Å². The molecule has 2 heterocycles. The highest BCUT2D eigenvalue weighted by Crippen LogP contribution is 2.34. The molecule has 3 aromatic rings. The van der Waals surface area contributed by atoms with E-state index < -0.39 is 0 Å². The molecule has 1 aliphatic heterocycles. The van der Waals surface area contributed by atoms with E-state index in [1.807, 2.05) is 41.3 Å². The largest absolute Gasteiger partial charge is 0.496 e. The van der Waals surface area contributed by atoms with Crippen molar-refractivity contribution in [3.63, 3.8) is 0 Å². The van der Waals surface area contributed by atoms with E-state index in [2.05, 4.69) is 4.98 Å². The lowest BCUT2D eigenvalue weighted by Gasteiger charge is -2.34. The van der Waals surface area contributed by atoms with Crippen molar-refractivity contribution in [3.05, 3.63) is 82.5 Å². The molecule has 0 bridgehead atoms. The van der Waals surface area contributed by atoms with Gasteiger partial charge < -0.3 is 14.1 Å². The highest BCUT2D eigenvalue weighted by Gasteiger charge is 2.33. The smallest absolute Gasteiger partial charge is 0.258 e. The van der Waals surface area contributed by atoms with Gasteiger partial charge in [0.15, 0.2) is 0 Å². The first-order valence-electron chi connectivity index (χ1n) is 9.79. The molecule has 0 saturated carbocycles. The zero-order valence-corrected chi connectivity index (χ0v) is 17.1. The molecule has 0 aliphatic carbocycles. The summed E-state index contributed by atoms with van der Waals surface area (Å²) in [6.07, 6.45) is 5.12. The maximum absolute atomic E-state index is 13.3. The minimum atomic E-state index is -0.179. The molecule has 1 atom stereocenters. The SMILES string of the molecule is COc1ccccc1C(=O)N1CCCC[C@@H]1c1ncc(Cc2ccccc2Cl)o1. The van der Waals surface area contributed by atoms with Crippen molar-refractivity contribution >= 4 is 17.5 Å². The third-order valence-electron chi connectivity index (χ3n) is 5.28. The number of oxazole rings is 1. The Labute approximate surface area is 175 Å². The number of halogens is 1. The minimum absolute atomic E-state index is 0.0574. The molecule has 0 radical (unpaired) electrons. The van der Waals surface area contributed by atoms with E-state index in [9.17, 15) is 4.79 Å². The number of rotatable bonds is 5. The molecule has 6 heteroatoms. The van der Waals surface area contributed by atoms with Crippen molar-refractivity contribution < 1.29 is 13.9 Å². The molecule has 29 heavy (non-hydrogen) atoms. The first-order valence-corrected chi connectivity index (χ1v) is 10.2. The van der Waals surface area contributed by atoms with Crippen molar-refractivity contribution in [2.45, 2.75) is 31.7 Å². The lowest BCUT2D eigenvalue weighted by molar-refractivity contribution is 0.0566. The van der Waals surface area contributed by atoms with Crippen LogP contribution in [-0.2, 0) is 6.42 Å². The van der Waals surface area contributed by atoms with Crippen LogP contribution >= 0.6 is 11.6 Å². The molecule has 2 aromatic carbocycles. The van der Waals surface area contributed by atoms with E-state index in [-0.39, 0.29) is 11.9 Å². The third kappa shape index (κ3) is 4.15. The number of likely N-dealkylation sites (tertiary alicyclic amines) is 1. The number of nitrogens with zero attached hydrogens (tertiary/aromatic N) is 2. The van der Waals surface area contributed by atoms with Gasteiger partial charge in [0.25, 0.3) is 5.91 Å². The van der Waals surface area contributed by atoms with Crippen LogP contribution in [0.5, 0.6) is 5.75 Å². The van der Waals surface area contributed by atoms with Crippen molar-refractivity contribution in [2.24, 2.45) is 0 Å². The summed E-state index contributed by atoms with van der Waals surface area (Å²) in [5.41, 5.74) is 1.55. The molecule has 4 rings (SSSR count). The first kappa shape index (κ1) is 19.5. The number of methoxy groups -OCH3 is 1. The van der Waals surface area contributed by atoms with Crippen molar-refractivity contribution in [1.29, 1.82) is 0 Å². The van der Waals surface area contributed by atoms with Crippen LogP contribution in [0.4, 0.5) is 0 Å². The van der Waals surface area contributed by atoms with Gasteiger partial charge in [0.1, 0.15) is 17.6 Å². The van der Waals surface area contributed by atoms with Crippen LogP contribution < -0.4 is 4.74 Å². The Morgan fingerprint density at radius 3 is 2.83 bits per heavy atom. The Bertz CT molecular complexity index is 1000. The van der Waals surface area contributed by atoms with Crippen molar-refractivity contribution in [3.8, 4) is 5.75 Å². The number of amides is 1. The first-order chi connectivity index (χ1) is 14.2. The van der Waals surface area contributed by atoms with E-state index in [0.29, 0.717) is 35.2 Å². The zero-order valence-electron chi connectivity index (χ0n) is 16.3. The molecule has 5 nitrogen and oxygen atoms in total. The fourth-order valence-electron chi connectivity index (χ4n) is 3.80. The predicted molar refractivity (Wildman–Crippen MR) is 111 cm³/mol. The molecule has 1 fully saturated rings. The molecule has 0 spiro atoms. The summed E-state index contributed by atoms with van der Waals surface area (Å²) >= 11 is 6.26. The van der Waals surface area contributed by atoms with Crippen molar-refractivity contribution in [1.82, 2.24) is 9.88 Å². The number of benzene rings is 2. The van der Waals surface area contributed by atoms with Gasteiger partial charge in [-0.05, 0) is 43.0 Å². The topological polar surface area (TPSA) is 55.6 Å². The highest BCUT2D eigenvalue weighted by molar-refractivity contribution is 6.31. The third-order valence-corrected chi connectivity index (χ3v) is 5.65. The average Bonchev–Trinajstić information content (AvgIpc) is 3.23. The monoisotopic (exact) mass is 410 g/mol. The summed E-state index contributed by atoms with van der Waals surface area (Å²) in [5, 5.41) is 0.705. The second-order valence-electron chi connectivity index (χ2n) is 7.14. The summed E-state index contributed by atoms with van der Waals surface area (Å²) in [6.45, 7) is 0.670. The fourth-order valence-corrected chi connectivity index (χ4v) is 4.00. The molecule has 0 unspecified atom stereocenters. The van der Waals surface area contributed by atoms with Gasteiger partial charge in [0, 0.05) is 18.0 Å². The van der Waals surface area contributed by atoms with Gasteiger partial charge in [-0.15, -0.1) is 0 Å². The highest BCUT2D eigenvalue weighted by atomic mass is 35.5. The number of carbonyl (C=O) groups excluding carboxylic acids is 1. The zero-order chi connectivity index (χ0) is 20.2. The van der Waals surface area contributed by atoms with Crippen molar-refractivity contribution in [2.75, 3.05) is 13.7 Å². The fraction of sp³-hybridized carbons (Fsp3) is 0.304. The number of aromatic nitrogens is 1. The van der Waals surface area contributed by atoms with Crippen LogP contribution in [0, 0.1) is 0 Å². The summed E-state index contributed by atoms with van der Waals surface area (Å²) in [4.78, 5) is 19.6. The van der Waals surface area contributed by atoms with E-state index in [1.165, 1.54) is 0 Å². The van der Waals surface area contributed by atoms with Gasteiger partial charge in [0.2, 0.25) is 5.89 Å². The molecule has 1 aliphatic rings. The molecular formula is C23H23ClN2O3. The number of carbonyl (C=O) groups is 1. The number of ether oxygens (including phenoxy) is 1. The molecule has 1 saturated heterocycles. The Morgan fingerprint density at radius 2 is 2.00 bits per heavy atom. The van der Waals surface area contributed by atoms with Gasteiger partial charge in [-0.2, -0.15) is 0 Å². The Kier molecular flexibility index (Phi) is 5.86. The Balaban J connectivity index is 1.57. The number of hydrogen-bond donors (Lipinski definition) is 0. The van der Waals surface area contributed by atoms with Crippen LogP contribution in [0.2, 0.25) is 5.02 Å². The average molecular weight is 411 g/mol. The van der Waals surface area contributed by atoms with Crippen LogP contribution in [0.1, 0.15) is 52.9 Å². The standard InChI is InChI=1S/C23H23ClN2O3/c1-28-21-12-5-3-9-18(21)23(27)26-13-7-6-11-20(26)22-25-15-17(29-22)14-16-8-2-4-10-19(16)24/h2-5,8-10,12,15,20H,6-7,11,13-14H2,1H3/t20-/m1/s1. The van der Waals surface area contributed by atoms with E-state index in [1.54, 1.807) is 25.4 Å². The maximum Gasteiger partial charge on any atom is 0.258 e. The van der Waals surface area contributed by atoms with Gasteiger partial charge >= 0.3 is 0 Å². The molecule has 1 amide bonds. The second kappa shape index (κ2) is 8.70. The summed E-state index contributed by atoms with van der Waals surface area (Å²) in [5.74, 6) is 1.84. The molecule has 1 aromatic heterocycles. The summed E-state index contributed by atoms with van der Waals surface area (Å²) in [7, 11) is 1.58. The lowest BCUT2D eigenvalue weighted by atomic mass is 10.0. The van der Waals surface area contributed by atoms with Gasteiger partial charge in [-0.3, -0.25) is 4.79 Å². The number of hydrogen-bond acceptors (Lipinski definition) is 4. The summed E-state index contributed by atoms with van der Waals surface area (Å²) in [6, 6.07) is 14.8. The van der Waals surface area contributed by atoms with E-state index in [4.69, 9.17) is 20.8 Å². The van der Waals surface area contributed by atoms with Crippen LogP contribution in [0.15, 0.2) is 59.1 Å². The second-order valence-corrected chi connectivity index (χ2v) is 7.55. The number of piperidine rings is 1. The molecule has 150 valence electrons. The van der Waals surface area contributed by atoms with E-state index in [0.717, 1.165) is 30.6 Å².